The van der Waals surface area contributed by atoms with Gasteiger partial charge in [0.1, 0.15) is 0 Å². The summed E-state index contributed by atoms with van der Waals surface area (Å²) < 4.78 is 19.5. The molecule has 3 unspecified atom stereocenters. The third-order valence-electron chi connectivity index (χ3n) is 6.60. The smallest absolute Gasteiger partial charge is 0.330 e. The first kappa shape index (κ1) is 32.8. The normalized spacial score (nSPS) is 20.3. The predicted octanol–water partition coefficient (Wildman–Crippen LogP) is 1.14. The molecular formula is C26H42N2O10. The molecule has 0 aromatic carbocycles. The Bertz CT molecular complexity index is 836. The molecule has 1 aliphatic carbocycles. The first-order valence-electron chi connectivity index (χ1n) is 13.1. The number of nitrogens with one attached hydrogen (secondary N) is 2. The molecule has 12 heteroatoms. The van der Waals surface area contributed by atoms with E-state index >= 15 is 0 Å². The summed E-state index contributed by atoms with van der Waals surface area (Å²) >= 11 is 0. The highest BCUT2D eigenvalue weighted by molar-refractivity contribution is 6.15. The van der Waals surface area contributed by atoms with Gasteiger partial charge in [-0.3, -0.25) is 28.8 Å². The maximum absolute atomic E-state index is 13.1. The molecule has 1 rings (SSSR count). The first-order valence-corrected chi connectivity index (χ1v) is 13.1. The van der Waals surface area contributed by atoms with Crippen LogP contribution in [0.15, 0.2) is 0 Å². The van der Waals surface area contributed by atoms with Crippen molar-refractivity contribution in [1.82, 2.24) is 10.6 Å². The van der Waals surface area contributed by atoms with E-state index in [2.05, 4.69) is 10.6 Å². The molecule has 0 radical (unpaired) electrons. The van der Waals surface area contributed by atoms with Gasteiger partial charge in [0.2, 0.25) is 23.7 Å². The number of hydrogen-bond donors (Lipinski definition) is 2. The molecule has 0 saturated heterocycles. The Morgan fingerprint density at radius 2 is 1.13 bits per heavy atom. The molecule has 216 valence electrons. The van der Waals surface area contributed by atoms with Gasteiger partial charge in [0.25, 0.3) is 0 Å². The van der Waals surface area contributed by atoms with Gasteiger partial charge in [0.05, 0.1) is 26.4 Å². The van der Waals surface area contributed by atoms with E-state index in [-0.39, 0.29) is 44.8 Å². The number of carbonyl (C=O) groups is 6. The van der Waals surface area contributed by atoms with Gasteiger partial charge in [-0.05, 0) is 57.8 Å². The van der Waals surface area contributed by atoms with Crippen molar-refractivity contribution in [2.75, 3.05) is 33.0 Å². The van der Waals surface area contributed by atoms with Crippen LogP contribution in [0.1, 0.15) is 61.3 Å². The van der Waals surface area contributed by atoms with Gasteiger partial charge in [-0.25, -0.2) is 0 Å². The van der Waals surface area contributed by atoms with E-state index in [9.17, 15) is 28.8 Å². The number of ether oxygens (including phenoxy) is 4. The maximum atomic E-state index is 13.1. The topological polar surface area (TPSA) is 163 Å². The van der Waals surface area contributed by atoms with Crippen LogP contribution in [-0.2, 0) is 47.7 Å². The van der Waals surface area contributed by atoms with Crippen LogP contribution in [0.4, 0.5) is 0 Å². The molecule has 0 aromatic heterocycles. The Balaban J connectivity index is 3.02. The van der Waals surface area contributed by atoms with Crippen LogP contribution < -0.4 is 10.6 Å². The molecule has 1 fully saturated rings. The lowest BCUT2D eigenvalue weighted by Gasteiger charge is -2.46. The van der Waals surface area contributed by atoms with Crippen LogP contribution in [0, 0.1) is 29.1 Å². The van der Waals surface area contributed by atoms with Gasteiger partial charge in [0.15, 0.2) is 0 Å². The van der Waals surface area contributed by atoms with Crippen LogP contribution in [0.5, 0.6) is 0 Å². The van der Waals surface area contributed by atoms with Gasteiger partial charge in [0, 0.05) is 12.6 Å². The summed E-state index contributed by atoms with van der Waals surface area (Å²) in [6.45, 7) is 12.3. The van der Waals surface area contributed by atoms with Gasteiger partial charge in [-0.1, -0.05) is 20.8 Å². The Morgan fingerprint density at radius 3 is 1.53 bits per heavy atom. The van der Waals surface area contributed by atoms with Crippen molar-refractivity contribution < 1.29 is 47.7 Å². The molecule has 12 nitrogen and oxygen atoms in total. The summed E-state index contributed by atoms with van der Waals surface area (Å²) in [5, 5.41) is 5.47. The molecule has 0 aliphatic heterocycles. The number of carbonyl (C=O) groups excluding carboxylic acids is 6. The van der Waals surface area contributed by atoms with Crippen LogP contribution >= 0.6 is 0 Å². The second-order valence-electron chi connectivity index (χ2n) is 9.85. The Morgan fingerprint density at radius 1 is 0.737 bits per heavy atom. The summed E-state index contributed by atoms with van der Waals surface area (Å²) in [6.07, 6.45) is 1.06. The van der Waals surface area contributed by atoms with Crippen LogP contribution in [0.2, 0.25) is 0 Å². The van der Waals surface area contributed by atoms with Gasteiger partial charge < -0.3 is 29.6 Å². The fraction of sp³-hybridized carbons (Fsp3) is 0.769. The van der Waals surface area contributed by atoms with Crippen LogP contribution in [0.25, 0.3) is 0 Å². The molecule has 0 bridgehead atoms. The van der Waals surface area contributed by atoms with E-state index < -0.39 is 59.0 Å². The molecule has 0 spiro atoms. The van der Waals surface area contributed by atoms with Crippen molar-refractivity contribution in [2.24, 2.45) is 29.1 Å². The highest BCUT2D eigenvalue weighted by Gasteiger charge is 2.45. The monoisotopic (exact) mass is 542 g/mol. The number of rotatable bonds is 13. The second kappa shape index (κ2) is 15.3. The van der Waals surface area contributed by atoms with Crippen molar-refractivity contribution in [3.63, 3.8) is 0 Å². The van der Waals surface area contributed by atoms with Crippen LogP contribution in [-0.4, -0.2) is 74.7 Å². The SMILES string of the molecule is CCOC(=O)C(C(=O)NCC1CC(NC(=O)C(C(=O)OCC)C(=O)OCC)C(C)(C)CC1C)C(=O)OCC. The average molecular weight is 543 g/mol. The summed E-state index contributed by atoms with van der Waals surface area (Å²) in [5.41, 5.74) is -0.401. The zero-order valence-corrected chi connectivity index (χ0v) is 23.4. The third-order valence-corrected chi connectivity index (χ3v) is 6.60. The van der Waals surface area contributed by atoms with Gasteiger partial charge in [-0.15, -0.1) is 0 Å². The summed E-state index contributed by atoms with van der Waals surface area (Å²) in [6, 6.07) is -0.453. The molecule has 3 atom stereocenters. The summed E-state index contributed by atoms with van der Waals surface area (Å²) in [5.74, 6) is -9.14. The van der Waals surface area contributed by atoms with Crippen molar-refractivity contribution in [1.29, 1.82) is 0 Å². The van der Waals surface area contributed by atoms with E-state index in [4.69, 9.17) is 18.9 Å². The minimum Gasteiger partial charge on any atom is -0.465 e. The van der Waals surface area contributed by atoms with E-state index in [1.165, 1.54) is 0 Å². The molecule has 1 aliphatic rings. The molecule has 2 amide bonds. The summed E-state index contributed by atoms with van der Waals surface area (Å²) in [4.78, 5) is 75.0. The van der Waals surface area contributed by atoms with Crippen molar-refractivity contribution in [2.45, 2.75) is 67.3 Å². The highest BCUT2D eigenvalue weighted by atomic mass is 16.6. The maximum Gasteiger partial charge on any atom is 0.330 e. The minimum absolute atomic E-state index is 0.00324. The van der Waals surface area contributed by atoms with Gasteiger partial charge in [-0.2, -0.15) is 0 Å². The zero-order valence-electron chi connectivity index (χ0n) is 23.4. The Hall–Kier alpha value is -3.18. The summed E-state index contributed by atoms with van der Waals surface area (Å²) in [7, 11) is 0. The van der Waals surface area contributed by atoms with Crippen molar-refractivity contribution in [3.05, 3.63) is 0 Å². The van der Waals surface area contributed by atoms with E-state index in [1.807, 2.05) is 20.8 Å². The first-order chi connectivity index (χ1) is 17.8. The number of amides is 2. The fourth-order valence-corrected chi connectivity index (χ4v) is 4.64. The predicted molar refractivity (Wildman–Crippen MR) is 134 cm³/mol. The quantitative estimate of drug-likeness (QED) is 0.196. The molecule has 0 aromatic rings. The molecule has 38 heavy (non-hydrogen) atoms. The lowest BCUT2D eigenvalue weighted by molar-refractivity contribution is -0.167. The highest BCUT2D eigenvalue weighted by Crippen LogP contribution is 2.42. The largest absolute Gasteiger partial charge is 0.465 e. The van der Waals surface area contributed by atoms with E-state index in [0.717, 1.165) is 0 Å². The van der Waals surface area contributed by atoms with Gasteiger partial charge >= 0.3 is 23.9 Å². The number of hydrogen-bond acceptors (Lipinski definition) is 10. The fourth-order valence-electron chi connectivity index (χ4n) is 4.64. The third kappa shape index (κ3) is 8.98. The molecule has 2 N–H and O–H groups in total. The average Bonchev–Trinajstić information content (AvgIpc) is 2.80. The molecule has 0 heterocycles. The lowest BCUT2D eigenvalue weighted by Crippen LogP contribution is -2.55. The van der Waals surface area contributed by atoms with E-state index in [1.54, 1.807) is 27.7 Å². The Kier molecular flexibility index (Phi) is 13.2. The molecular weight excluding hydrogens is 500 g/mol. The standard InChI is InChI=1S/C26H42N2O10/c1-8-35-22(31)18(23(32)36-9-2)20(29)27-14-16-12-17(26(6,7)13-15(16)5)28-21(30)19(24(33)37-10-3)25(34)38-11-4/h15-19H,8-14H2,1-7H3,(H,27,29)(H,28,30). The number of esters is 4. The lowest BCUT2D eigenvalue weighted by atomic mass is 9.64. The molecule has 1 saturated carbocycles. The van der Waals surface area contributed by atoms with E-state index in [0.29, 0.717) is 12.8 Å². The van der Waals surface area contributed by atoms with Crippen LogP contribution in [0.3, 0.4) is 0 Å². The Labute approximate surface area is 223 Å². The van der Waals surface area contributed by atoms with Crippen molar-refractivity contribution >= 4 is 35.7 Å². The zero-order chi connectivity index (χ0) is 29.0. The minimum atomic E-state index is -1.75. The van der Waals surface area contributed by atoms with Crippen molar-refractivity contribution in [3.8, 4) is 0 Å². The second-order valence-corrected chi connectivity index (χ2v) is 9.85.